The van der Waals surface area contributed by atoms with Crippen LogP contribution >= 0.6 is 24.2 Å². The number of benzene rings is 1. The van der Waals surface area contributed by atoms with Crippen molar-refractivity contribution >= 4 is 37.4 Å². The number of aliphatic hydroxyl groups excluding tert-OH is 1. The topological polar surface area (TPSA) is 38.7 Å². The van der Waals surface area contributed by atoms with E-state index in [4.69, 9.17) is 20.9 Å². The Balaban J connectivity index is 2.33. The monoisotopic (exact) mass is 340 g/mol. The number of thiol groups is 1. The van der Waals surface area contributed by atoms with Gasteiger partial charge in [0.05, 0.1) is 17.8 Å². The van der Waals surface area contributed by atoms with E-state index < -0.39 is 18.3 Å². The molecule has 0 amide bonds. The zero-order valence-electron chi connectivity index (χ0n) is 13.4. The molecule has 1 aliphatic rings. The summed E-state index contributed by atoms with van der Waals surface area (Å²) in [7, 11) is -0.448. The van der Waals surface area contributed by atoms with Gasteiger partial charge in [-0.1, -0.05) is 23.7 Å². The first kappa shape index (κ1) is 17.9. The Kier molecular flexibility index (Phi) is 5.35. The Morgan fingerprint density at radius 3 is 2.36 bits per heavy atom. The molecular formula is C16H22BClO3S. The highest BCUT2D eigenvalue weighted by Gasteiger charge is 2.52. The zero-order chi connectivity index (χ0) is 16.5. The van der Waals surface area contributed by atoms with Crippen molar-refractivity contribution in [3.63, 3.8) is 0 Å². The molecule has 1 fully saturated rings. The van der Waals surface area contributed by atoms with Crippen LogP contribution in [0.25, 0.3) is 6.08 Å². The molecule has 0 aliphatic carbocycles. The summed E-state index contributed by atoms with van der Waals surface area (Å²) in [5, 5.41) is 9.88. The summed E-state index contributed by atoms with van der Waals surface area (Å²) >= 11 is 10.6. The lowest BCUT2D eigenvalue weighted by Gasteiger charge is -2.32. The van der Waals surface area contributed by atoms with Crippen molar-refractivity contribution in [2.75, 3.05) is 5.75 Å². The van der Waals surface area contributed by atoms with Crippen LogP contribution < -0.4 is 0 Å². The molecule has 1 aliphatic heterocycles. The molecule has 1 N–H and O–H groups in total. The van der Waals surface area contributed by atoms with Crippen molar-refractivity contribution in [2.24, 2.45) is 0 Å². The molecule has 120 valence electrons. The maximum Gasteiger partial charge on any atom is 0.491 e. The highest BCUT2D eigenvalue weighted by molar-refractivity contribution is 7.80. The molecule has 1 heterocycles. The number of rotatable bonds is 4. The largest absolute Gasteiger partial charge is 0.491 e. The van der Waals surface area contributed by atoms with Crippen LogP contribution in [0.4, 0.5) is 0 Å². The lowest BCUT2D eigenvalue weighted by atomic mass is 9.78. The number of hydrogen-bond donors (Lipinski definition) is 2. The molecule has 1 saturated heterocycles. The van der Waals surface area contributed by atoms with Crippen molar-refractivity contribution in [2.45, 2.75) is 45.5 Å². The van der Waals surface area contributed by atoms with E-state index in [1.807, 2.05) is 39.8 Å². The van der Waals surface area contributed by atoms with Crippen LogP contribution in [0.1, 0.15) is 38.8 Å². The van der Waals surface area contributed by atoms with Crippen LogP contribution in [0.5, 0.6) is 0 Å². The van der Waals surface area contributed by atoms with Crippen LogP contribution in [-0.4, -0.2) is 29.2 Å². The molecule has 1 aromatic carbocycles. The van der Waals surface area contributed by atoms with Gasteiger partial charge in [-0.2, -0.15) is 12.6 Å². The van der Waals surface area contributed by atoms with E-state index in [-0.39, 0.29) is 6.61 Å². The smallest absolute Gasteiger partial charge is 0.400 e. The summed E-state index contributed by atoms with van der Waals surface area (Å²) in [6.45, 7) is 8.04. The molecule has 3 nitrogen and oxygen atoms in total. The van der Waals surface area contributed by atoms with E-state index in [0.29, 0.717) is 10.8 Å². The van der Waals surface area contributed by atoms with E-state index in [9.17, 15) is 5.11 Å². The van der Waals surface area contributed by atoms with Crippen LogP contribution in [0.3, 0.4) is 0 Å². The molecule has 2 rings (SSSR count). The van der Waals surface area contributed by atoms with E-state index in [2.05, 4.69) is 12.6 Å². The predicted octanol–water partition coefficient (Wildman–Crippen LogP) is 3.78. The molecule has 0 saturated carbocycles. The molecule has 1 aromatic rings. The zero-order valence-corrected chi connectivity index (χ0v) is 15.0. The van der Waals surface area contributed by atoms with Gasteiger partial charge in [-0.15, -0.1) is 0 Å². The molecule has 0 unspecified atom stereocenters. The molecule has 0 spiro atoms. The lowest BCUT2D eigenvalue weighted by Crippen LogP contribution is -2.41. The lowest BCUT2D eigenvalue weighted by molar-refractivity contribution is 0.00578. The van der Waals surface area contributed by atoms with Gasteiger partial charge in [-0.25, -0.2) is 0 Å². The summed E-state index contributed by atoms with van der Waals surface area (Å²) in [4.78, 5) is 0. The number of aliphatic hydroxyl groups is 1. The first-order valence-electron chi connectivity index (χ1n) is 7.26. The third-order valence-corrected chi connectivity index (χ3v) is 5.03. The van der Waals surface area contributed by atoms with Crippen molar-refractivity contribution in [1.82, 2.24) is 0 Å². The fraction of sp³-hybridized carbons (Fsp3) is 0.500. The van der Waals surface area contributed by atoms with E-state index >= 15 is 0 Å². The van der Waals surface area contributed by atoms with Gasteiger partial charge in [0.2, 0.25) is 0 Å². The molecular weight excluding hydrogens is 319 g/mol. The normalized spacial score (nSPS) is 20.5. The van der Waals surface area contributed by atoms with Gasteiger partial charge in [-0.3, -0.25) is 0 Å². The fourth-order valence-corrected chi connectivity index (χ4v) is 2.60. The van der Waals surface area contributed by atoms with Crippen LogP contribution in [0, 0.1) is 0 Å². The second-order valence-corrected chi connectivity index (χ2v) is 7.20. The Morgan fingerprint density at radius 1 is 1.27 bits per heavy atom. The van der Waals surface area contributed by atoms with Gasteiger partial charge < -0.3 is 14.4 Å². The maximum atomic E-state index is 9.26. The van der Waals surface area contributed by atoms with Gasteiger partial charge in [0.15, 0.2) is 0 Å². The van der Waals surface area contributed by atoms with E-state index in [1.54, 1.807) is 12.1 Å². The summed E-state index contributed by atoms with van der Waals surface area (Å²) in [6.07, 6.45) is 1.93. The van der Waals surface area contributed by atoms with Gasteiger partial charge in [0, 0.05) is 10.8 Å². The van der Waals surface area contributed by atoms with Crippen LogP contribution in [0.2, 0.25) is 5.02 Å². The third-order valence-electron chi connectivity index (χ3n) is 4.32. The minimum atomic E-state index is -0.448. The second-order valence-electron chi connectivity index (χ2n) is 6.48. The van der Waals surface area contributed by atoms with Crippen molar-refractivity contribution in [3.8, 4) is 0 Å². The Hall–Kier alpha value is -0.455. The maximum absolute atomic E-state index is 9.26. The summed E-state index contributed by atoms with van der Waals surface area (Å²) in [6, 6.07) is 5.44. The molecule has 22 heavy (non-hydrogen) atoms. The second kappa shape index (κ2) is 6.58. The van der Waals surface area contributed by atoms with Gasteiger partial charge in [0.25, 0.3) is 0 Å². The molecule has 0 atom stereocenters. The summed E-state index contributed by atoms with van der Waals surface area (Å²) < 4.78 is 12.1. The Bertz CT molecular complexity index is 571. The predicted molar refractivity (Wildman–Crippen MR) is 95.3 cm³/mol. The fourth-order valence-electron chi connectivity index (χ4n) is 2.18. The average molecular weight is 341 g/mol. The standard InChI is InChI=1S/C16H22BClO3S/c1-15(2)16(3,4)21-17(20-15)13(10-22)8-12-7-11(9-19)5-6-14(12)18/h5-8,19,22H,9-10H2,1-4H3. The van der Waals surface area contributed by atoms with Gasteiger partial charge >= 0.3 is 7.12 Å². The highest BCUT2D eigenvalue weighted by atomic mass is 35.5. The van der Waals surface area contributed by atoms with Gasteiger partial charge in [0.1, 0.15) is 0 Å². The van der Waals surface area contributed by atoms with Crippen molar-refractivity contribution in [1.29, 1.82) is 0 Å². The Labute approximate surface area is 143 Å². The SMILES string of the molecule is CC1(C)OB(C(=Cc2cc(CO)ccc2Cl)CS)OC1(C)C. The molecule has 0 bridgehead atoms. The summed E-state index contributed by atoms with van der Waals surface area (Å²) in [5.74, 6) is 0.497. The highest BCUT2D eigenvalue weighted by Crippen LogP contribution is 2.39. The van der Waals surface area contributed by atoms with Crippen molar-refractivity contribution < 1.29 is 14.4 Å². The number of halogens is 1. The molecule has 0 aromatic heterocycles. The van der Waals surface area contributed by atoms with Crippen LogP contribution in [-0.2, 0) is 15.9 Å². The van der Waals surface area contributed by atoms with Gasteiger partial charge in [-0.05, 0) is 56.4 Å². The number of hydrogen-bond acceptors (Lipinski definition) is 4. The Morgan fingerprint density at radius 2 is 1.86 bits per heavy atom. The minimum Gasteiger partial charge on any atom is -0.400 e. The molecule has 6 heteroatoms. The minimum absolute atomic E-state index is 0.0231. The van der Waals surface area contributed by atoms with Crippen LogP contribution in [0.15, 0.2) is 23.7 Å². The third kappa shape index (κ3) is 3.54. The first-order valence-corrected chi connectivity index (χ1v) is 8.27. The van der Waals surface area contributed by atoms with E-state index in [0.717, 1.165) is 16.6 Å². The first-order chi connectivity index (χ1) is 10.2. The van der Waals surface area contributed by atoms with Crippen molar-refractivity contribution in [3.05, 3.63) is 39.8 Å². The average Bonchev–Trinajstić information content (AvgIpc) is 2.66. The quantitative estimate of drug-likeness (QED) is 0.647. The van der Waals surface area contributed by atoms with E-state index in [1.165, 1.54) is 0 Å². The summed E-state index contributed by atoms with van der Waals surface area (Å²) in [5.41, 5.74) is 1.75. The molecule has 0 radical (unpaired) electrons.